The number of halogens is 1. The van der Waals surface area contributed by atoms with Crippen molar-refractivity contribution in [3.05, 3.63) is 70.2 Å². The highest BCUT2D eigenvalue weighted by Gasteiger charge is 2.83. The van der Waals surface area contributed by atoms with Crippen LogP contribution in [0.4, 0.5) is 0 Å². The minimum absolute atomic E-state index is 0.00329. The second-order valence-corrected chi connectivity index (χ2v) is 10.0. The summed E-state index contributed by atoms with van der Waals surface area (Å²) in [5.74, 6) is -6.38. The van der Waals surface area contributed by atoms with Gasteiger partial charge in [-0.25, -0.2) is 0 Å². The maximum atomic E-state index is 13.8. The third-order valence-corrected chi connectivity index (χ3v) is 8.02. The lowest BCUT2D eigenvalue weighted by atomic mass is 9.75. The van der Waals surface area contributed by atoms with Crippen LogP contribution in [0.25, 0.3) is 0 Å². The van der Waals surface area contributed by atoms with Crippen LogP contribution < -0.4 is 5.32 Å². The van der Waals surface area contributed by atoms with E-state index in [9.17, 15) is 19.5 Å². The van der Waals surface area contributed by atoms with E-state index in [-0.39, 0.29) is 23.1 Å². The third kappa shape index (κ3) is 2.81. The Hall–Kier alpha value is -2.74. The zero-order valence-corrected chi connectivity index (χ0v) is 19.1. The predicted octanol–water partition coefficient (Wildman–Crippen LogP) is 3.43. The van der Waals surface area contributed by atoms with E-state index in [0.717, 1.165) is 32.1 Å². The van der Waals surface area contributed by atoms with Gasteiger partial charge in [-0.05, 0) is 30.5 Å². The summed E-state index contributed by atoms with van der Waals surface area (Å²) in [6, 6.07) is 13.2. The Morgan fingerprint density at radius 3 is 2.47 bits per heavy atom. The minimum Gasteiger partial charge on any atom is -0.425 e. The van der Waals surface area contributed by atoms with Gasteiger partial charge < -0.3 is 19.9 Å². The number of esters is 1. The molecular formula is C26H24ClNO6. The molecule has 176 valence electrons. The van der Waals surface area contributed by atoms with Crippen molar-refractivity contribution in [2.75, 3.05) is 0 Å². The Morgan fingerprint density at radius 1 is 1.03 bits per heavy atom. The van der Waals surface area contributed by atoms with Gasteiger partial charge in [-0.15, -0.1) is 0 Å². The van der Waals surface area contributed by atoms with E-state index in [0.29, 0.717) is 10.6 Å². The number of benzene rings is 2. The van der Waals surface area contributed by atoms with Crippen LogP contribution in [0.15, 0.2) is 48.5 Å². The monoisotopic (exact) mass is 481 g/mol. The molecule has 2 aromatic rings. The SMILES string of the molecule is O=C(NC1CCCCC1)[C@H]1[C@@H](c2ccc(Cl)cc2)OC23C(=O)c4ccccc4C2(O)OC(=O)[C@@H]13. The zero-order chi connectivity index (χ0) is 23.7. The molecule has 8 heteroatoms. The first kappa shape index (κ1) is 21.8. The predicted molar refractivity (Wildman–Crippen MR) is 121 cm³/mol. The Labute approximate surface area is 201 Å². The Bertz CT molecular complexity index is 1190. The number of hydrogen-bond acceptors (Lipinski definition) is 6. The average molecular weight is 482 g/mol. The topological polar surface area (TPSA) is 102 Å². The van der Waals surface area contributed by atoms with Gasteiger partial charge in [0.15, 0.2) is 0 Å². The molecule has 2 N–H and O–H groups in total. The minimum atomic E-state index is -2.30. The molecule has 2 aliphatic heterocycles. The van der Waals surface area contributed by atoms with Crippen LogP contribution in [0.2, 0.25) is 5.02 Å². The molecule has 0 aromatic heterocycles. The van der Waals surface area contributed by atoms with E-state index in [1.807, 2.05) is 0 Å². The molecule has 1 amide bonds. The fraction of sp³-hybridized carbons (Fsp3) is 0.423. The lowest BCUT2D eigenvalue weighted by molar-refractivity contribution is -0.253. The Morgan fingerprint density at radius 2 is 1.74 bits per heavy atom. The van der Waals surface area contributed by atoms with Crippen LogP contribution in [0.1, 0.15) is 59.7 Å². The molecule has 2 aromatic carbocycles. The lowest BCUT2D eigenvalue weighted by Crippen LogP contribution is -2.53. The van der Waals surface area contributed by atoms with Crippen molar-refractivity contribution in [1.82, 2.24) is 5.32 Å². The molecule has 1 spiro atoms. The summed E-state index contributed by atoms with van der Waals surface area (Å²) in [4.78, 5) is 40.7. The fourth-order valence-electron chi connectivity index (χ4n) is 6.20. The number of carbonyl (C=O) groups excluding carboxylic acids is 3. The maximum absolute atomic E-state index is 13.8. The zero-order valence-electron chi connectivity index (χ0n) is 18.3. The molecule has 4 aliphatic rings. The molecule has 5 atom stereocenters. The molecule has 7 nitrogen and oxygen atoms in total. The van der Waals surface area contributed by atoms with E-state index in [1.54, 1.807) is 48.5 Å². The number of ketones is 1. The first-order valence-electron chi connectivity index (χ1n) is 11.7. The molecule has 2 aliphatic carbocycles. The van der Waals surface area contributed by atoms with Gasteiger partial charge in [-0.3, -0.25) is 14.4 Å². The highest BCUT2D eigenvalue weighted by Crippen LogP contribution is 2.64. The smallest absolute Gasteiger partial charge is 0.316 e. The van der Waals surface area contributed by atoms with E-state index >= 15 is 0 Å². The van der Waals surface area contributed by atoms with E-state index in [1.165, 1.54) is 0 Å². The summed E-state index contributed by atoms with van der Waals surface area (Å²) in [6.45, 7) is 0. The van der Waals surface area contributed by atoms with Gasteiger partial charge in [-0.2, -0.15) is 0 Å². The van der Waals surface area contributed by atoms with Gasteiger partial charge in [0.2, 0.25) is 17.3 Å². The molecule has 0 radical (unpaired) electrons. The van der Waals surface area contributed by atoms with E-state index in [4.69, 9.17) is 21.1 Å². The van der Waals surface area contributed by atoms with Gasteiger partial charge in [0.05, 0.1) is 12.0 Å². The number of fused-ring (bicyclic) bond motifs is 2. The van der Waals surface area contributed by atoms with Crippen LogP contribution in [0.3, 0.4) is 0 Å². The summed E-state index contributed by atoms with van der Waals surface area (Å²) in [7, 11) is 0. The fourth-order valence-corrected chi connectivity index (χ4v) is 6.33. The maximum Gasteiger partial charge on any atom is 0.316 e. The normalized spacial score (nSPS) is 34.4. The van der Waals surface area contributed by atoms with Crippen molar-refractivity contribution < 1.29 is 29.0 Å². The quantitative estimate of drug-likeness (QED) is 0.651. The van der Waals surface area contributed by atoms with Crippen molar-refractivity contribution in [3.8, 4) is 0 Å². The van der Waals surface area contributed by atoms with Gasteiger partial charge in [0.1, 0.15) is 5.92 Å². The number of rotatable bonds is 3. The number of hydrogen-bond donors (Lipinski definition) is 2. The molecule has 6 rings (SSSR count). The number of amides is 1. The van der Waals surface area contributed by atoms with Crippen molar-refractivity contribution in [1.29, 1.82) is 0 Å². The molecule has 1 saturated carbocycles. The van der Waals surface area contributed by atoms with Crippen molar-refractivity contribution in [2.24, 2.45) is 11.8 Å². The van der Waals surface area contributed by atoms with Crippen molar-refractivity contribution in [3.63, 3.8) is 0 Å². The summed E-state index contributed by atoms with van der Waals surface area (Å²) in [5.41, 5.74) is -1.03. The van der Waals surface area contributed by atoms with Crippen molar-refractivity contribution in [2.45, 2.75) is 55.6 Å². The molecule has 34 heavy (non-hydrogen) atoms. The lowest BCUT2D eigenvalue weighted by Gasteiger charge is -2.31. The molecule has 0 bridgehead atoms. The number of carbonyl (C=O) groups is 3. The van der Waals surface area contributed by atoms with E-state index < -0.39 is 41.1 Å². The number of nitrogens with one attached hydrogen (secondary N) is 1. The molecule has 2 unspecified atom stereocenters. The second kappa shape index (κ2) is 7.63. The van der Waals surface area contributed by atoms with Gasteiger partial charge in [0, 0.05) is 22.2 Å². The number of ether oxygens (including phenoxy) is 2. The van der Waals surface area contributed by atoms with Crippen LogP contribution in [0.5, 0.6) is 0 Å². The first-order chi connectivity index (χ1) is 16.4. The van der Waals surface area contributed by atoms with Crippen LogP contribution >= 0.6 is 11.6 Å². The van der Waals surface area contributed by atoms with Gasteiger partial charge in [0.25, 0.3) is 5.79 Å². The molecule has 3 fully saturated rings. The van der Waals surface area contributed by atoms with Gasteiger partial charge >= 0.3 is 5.97 Å². The molecule has 2 saturated heterocycles. The van der Waals surface area contributed by atoms with E-state index in [2.05, 4.69) is 5.32 Å². The average Bonchev–Trinajstić information content (AvgIpc) is 3.38. The summed E-state index contributed by atoms with van der Waals surface area (Å²) in [5, 5.41) is 15.3. The summed E-state index contributed by atoms with van der Waals surface area (Å²) >= 11 is 6.07. The molecule has 2 heterocycles. The van der Waals surface area contributed by atoms with Crippen molar-refractivity contribution >= 4 is 29.3 Å². The summed E-state index contributed by atoms with van der Waals surface area (Å²) < 4.78 is 11.8. The van der Waals surface area contributed by atoms with Crippen LogP contribution in [-0.2, 0) is 24.8 Å². The van der Waals surface area contributed by atoms with Crippen LogP contribution in [0, 0.1) is 11.8 Å². The Balaban J connectivity index is 1.47. The first-order valence-corrected chi connectivity index (χ1v) is 12.1. The number of aliphatic hydroxyl groups is 1. The highest BCUT2D eigenvalue weighted by atomic mass is 35.5. The molecular weight excluding hydrogens is 458 g/mol. The standard InChI is InChI=1S/C26H24ClNO6/c27-15-12-10-14(11-13-15)21-19(23(30)28-16-6-2-1-3-7-16)20-24(31)34-26(32)18-9-5-4-8-17(18)22(29)25(20,26)33-21/h4-5,8-13,16,19-21,32H,1-3,6-7H2,(H,28,30)/t19-,20-,21-,25?,26?/m1/s1. The van der Waals surface area contributed by atoms with Crippen LogP contribution in [-0.4, -0.2) is 34.4 Å². The Kier molecular flexibility index (Phi) is 4.89. The summed E-state index contributed by atoms with van der Waals surface area (Å²) in [6.07, 6.45) is 3.96. The highest BCUT2D eigenvalue weighted by molar-refractivity contribution is 6.30. The third-order valence-electron chi connectivity index (χ3n) is 7.77. The second-order valence-electron chi connectivity index (χ2n) is 9.61. The van der Waals surface area contributed by atoms with Gasteiger partial charge in [-0.1, -0.05) is 67.3 Å². The largest absolute Gasteiger partial charge is 0.425 e. The number of Topliss-reactive ketones (excluding diaryl/α,β-unsaturated/α-hetero) is 1.